The third-order valence-electron chi connectivity index (χ3n) is 4.47. The lowest BCUT2D eigenvalue weighted by molar-refractivity contribution is -0.131. The molecule has 1 fully saturated rings. The Hall–Kier alpha value is -2.45. The van der Waals surface area contributed by atoms with Gasteiger partial charge in [0.15, 0.2) is 5.11 Å². The highest BCUT2D eigenvalue weighted by Gasteiger charge is 2.35. The number of rotatable bonds is 3. The number of morpholine rings is 1. The second-order valence-corrected chi connectivity index (χ2v) is 6.46. The molecular formula is C18H21N3O4S. The number of amides is 1. The summed E-state index contributed by atoms with van der Waals surface area (Å²) in [5.74, 6) is -0.555. The van der Waals surface area contributed by atoms with Crippen molar-refractivity contribution in [3.8, 4) is 0 Å². The Morgan fingerprint density at radius 3 is 2.65 bits per heavy atom. The summed E-state index contributed by atoms with van der Waals surface area (Å²) in [6, 6.07) is 6.53. The SMILES string of the molecule is COC(=O)c1ccccc1C1NC(=S)NC(C)=C1C(=O)N1CCOCC1. The molecule has 0 aromatic heterocycles. The highest BCUT2D eigenvalue weighted by molar-refractivity contribution is 7.80. The summed E-state index contributed by atoms with van der Waals surface area (Å²) in [6.45, 7) is 3.91. The molecule has 1 aromatic rings. The molecule has 0 radical (unpaired) electrons. The fourth-order valence-corrected chi connectivity index (χ4v) is 3.46. The number of methoxy groups -OCH3 is 1. The number of hydrogen-bond donors (Lipinski definition) is 2. The van der Waals surface area contributed by atoms with Gasteiger partial charge in [0, 0.05) is 18.8 Å². The highest BCUT2D eigenvalue weighted by atomic mass is 32.1. The van der Waals surface area contributed by atoms with Crippen LogP contribution in [-0.4, -0.2) is 55.3 Å². The molecule has 2 aliphatic heterocycles. The Labute approximate surface area is 157 Å². The second kappa shape index (κ2) is 7.84. The topological polar surface area (TPSA) is 79.9 Å². The summed E-state index contributed by atoms with van der Waals surface area (Å²) < 4.78 is 10.2. The van der Waals surface area contributed by atoms with E-state index in [1.54, 1.807) is 23.1 Å². The minimum Gasteiger partial charge on any atom is -0.465 e. The summed E-state index contributed by atoms with van der Waals surface area (Å²) >= 11 is 5.28. The largest absolute Gasteiger partial charge is 0.465 e. The van der Waals surface area contributed by atoms with Crippen LogP contribution in [0.3, 0.4) is 0 Å². The van der Waals surface area contributed by atoms with Gasteiger partial charge in [0.05, 0.1) is 37.5 Å². The van der Waals surface area contributed by atoms with Crippen LogP contribution in [0.25, 0.3) is 0 Å². The summed E-state index contributed by atoms with van der Waals surface area (Å²) in [5, 5.41) is 6.55. The van der Waals surface area contributed by atoms with Crippen molar-refractivity contribution >= 4 is 29.2 Å². The molecule has 138 valence electrons. The van der Waals surface area contributed by atoms with E-state index in [1.165, 1.54) is 7.11 Å². The molecule has 1 aromatic carbocycles. The third-order valence-corrected chi connectivity index (χ3v) is 4.69. The van der Waals surface area contributed by atoms with Crippen LogP contribution in [-0.2, 0) is 14.3 Å². The zero-order chi connectivity index (χ0) is 18.7. The summed E-state index contributed by atoms with van der Waals surface area (Å²) in [5.41, 5.74) is 2.27. The van der Waals surface area contributed by atoms with Gasteiger partial charge in [-0.05, 0) is 30.8 Å². The Balaban J connectivity index is 2.04. The van der Waals surface area contributed by atoms with Crippen molar-refractivity contribution in [1.82, 2.24) is 15.5 Å². The summed E-state index contributed by atoms with van der Waals surface area (Å²) in [6.07, 6.45) is 0. The van der Waals surface area contributed by atoms with Gasteiger partial charge < -0.3 is 25.0 Å². The Bertz CT molecular complexity index is 771. The number of ether oxygens (including phenoxy) is 2. The molecule has 1 unspecified atom stereocenters. The first-order valence-electron chi connectivity index (χ1n) is 8.35. The lowest BCUT2D eigenvalue weighted by Crippen LogP contribution is -2.49. The van der Waals surface area contributed by atoms with Gasteiger partial charge in [-0.1, -0.05) is 18.2 Å². The number of esters is 1. The van der Waals surface area contributed by atoms with E-state index in [4.69, 9.17) is 21.7 Å². The van der Waals surface area contributed by atoms with Crippen molar-refractivity contribution in [2.24, 2.45) is 0 Å². The minimum absolute atomic E-state index is 0.0991. The minimum atomic E-state index is -0.533. The molecule has 3 rings (SSSR count). The van der Waals surface area contributed by atoms with E-state index in [2.05, 4.69) is 10.6 Å². The smallest absolute Gasteiger partial charge is 0.338 e. The number of carbonyl (C=O) groups is 2. The molecule has 1 amide bonds. The fourth-order valence-electron chi connectivity index (χ4n) is 3.19. The van der Waals surface area contributed by atoms with Crippen LogP contribution in [0.4, 0.5) is 0 Å². The van der Waals surface area contributed by atoms with Crippen molar-refractivity contribution in [3.05, 3.63) is 46.7 Å². The van der Waals surface area contributed by atoms with Crippen LogP contribution < -0.4 is 10.6 Å². The predicted octanol–water partition coefficient (Wildman–Crippen LogP) is 1.12. The van der Waals surface area contributed by atoms with E-state index >= 15 is 0 Å². The standard InChI is InChI=1S/C18H21N3O4S/c1-11-14(16(22)21-7-9-25-10-8-21)15(20-18(26)19-11)12-5-3-4-6-13(12)17(23)24-2/h3-6,15H,7-10H2,1-2H3,(H2,19,20,26). The molecule has 0 aliphatic carbocycles. The Kier molecular flexibility index (Phi) is 5.53. The first kappa shape index (κ1) is 18.3. The van der Waals surface area contributed by atoms with E-state index in [0.29, 0.717) is 53.8 Å². The van der Waals surface area contributed by atoms with Gasteiger partial charge in [-0.3, -0.25) is 4.79 Å². The normalized spacial score (nSPS) is 20.3. The molecule has 1 atom stereocenters. The number of nitrogens with zero attached hydrogens (tertiary/aromatic N) is 1. The first-order chi connectivity index (χ1) is 12.5. The molecule has 0 bridgehead atoms. The van der Waals surface area contributed by atoms with E-state index in [1.807, 2.05) is 13.0 Å². The maximum atomic E-state index is 13.2. The molecule has 0 spiro atoms. The number of benzene rings is 1. The monoisotopic (exact) mass is 375 g/mol. The maximum absolute atomic E-state index is 13.2. The van der Waals surface area contributed by atoms with E-state index in [9.17, 15) is 9.59 Å². The van der Waals surface area contributed by atoms with E-state index in [0.717, 1.165) is 0 Å². The Morgan fingerprint density at radius 1 is 1.27 bits per heavy atom. The number of hydrogen-bond acceptors (Lipinski definition) is 5. The van der Waals surface area contributed by atoms with E-state index in [-0.39, 0.29) is 5.91 Å². The maximum Gasteiger partial charge on any atom is 0.338 e. The lowest BCUT2D eigenvalue weighted by Gasteiger charge is -2.35. The molecule has 2 aliphatic rings. The van der Waals surface area contributed by atoms with Crippen LogP contribution in [0.15, 0.2) is 35.5 Å². The number of allylic oxidation sites excluding steroid dienone is 1. The van der Waals surface area contributed by atoms with Crippen molar-refractivity contribution in [3.63, 3.8) is 0 Å². The zero-order valence-corrected chi connectivity index (χ0v) is 15.5. The number of carbonyl (C=O) groups excluding carboxylic acids is 2. The van der Waals surface area contributed by atoms with Crippen molar-refractivity contribution < 1.29 is 19.1 Å². The van der Waals surface area contributed by atoms with Gasteiger partial charge in [-0.15, -0.1) is 0 Å². The van der Waals surface area contributed by atoms with Gasteiger partial charge in [0.2, 0.25) is 0 Å². The summed E-state index contributed by atoms with van der Waals surface area (Å²) in [4.78, 5) is 27.1. The van der Waals surface area contributed by atoms with Gasteiger partial charge in [-0.25, -0.2) is 4.79 Å². The van der Waals surface area contributed by atoms with Crippen LogP contribution >= 0.6 is 12.2 Å². The lowest BCUT2D eigenvalue weighted by atomic mass is 9.91. The number of nitrogens with one attached hydrogen (secondary N) is 2. The Morgan fingerprint density at radius 2 is 1.96 bits per heavy atom. The quantitative estimate of drug-likeness (QED) is 0.605. The molecule has 2 N–H and O–H groups in total. The van der Waals surface area contributed by atoms with Gasteiger partial charge in [0.25, 0.3) is 5.91 Å². The van der Waals surface area contributed by atoms with Crippen molar-refractivity contribution in [1.29, 1.82) is 0 Å². The molecule has 26 heavy (non-hydrogen) atoms. The molecule has 7 nitrogen and oxygen atoms in total. The van der Waals surface area contributed by atoms with Crippen molar-refractivity contribution in [2.45, 2.75) is 13.0 Å². The summed E-state index contributed by atoms with van der Waals surface area (Å²) in [7, 11) is 1.33. The zero-order valence-electron chi connectivity index (χ0n) is 14.7. The van der Waals surface area contributed by atoms with Crippen LogP contribution in [0.1, 0.15) is 28.9 Å². The molecule has 8 heteroatoms. The van der Waals surface area contributed by atoms with Crippen LogP contribution in [0, 0.1) is 0 Å². The molecular weight excluding hydrogens is 354 g/mol. The second-order valence-electron chi connectivity index (χ2n) is 6.05. The van der Waals surface area contributed by atoms with Gasteiger partial charge in [0.1, 0.15) is 0 Å². The average molecular weight is 375 g/mol. The highest BCUT2D eigenvalue weighted by Crippen LogP contribution is 2.31. The predicted molar refractivity (Wildman–Crippen MR) is 99.5 cm³/mol. The molecule has 0 saturated carbocycles. The molecule has 2 heterocycles. The number of thiocarbonyl (C=S) groups is 1. The van der Waals surface area contributed by atoms with Crippen LogP contribution in [0.5, 0.6) is 0 Å². The average Bonchev–Trinajstić information content (AvgIpc) is 2.67. The fraction of sp³-hybridized carbons (Fsp3) is 0.389. The van der Waals surface area contributed by atoms with E-state index < -0.39 is 12.0 Å². The van der Waals surface area contributed by atoms with Gasteiger partial charge in [-0.2, -0.15) is 0 Å². The van der Waals surface area contributed by atoms with Crippen LogP contribution in [0.2, 0.25) is 0 Å². The van der Waals surface area contributed by atoms with Crippen molar-refractivity contribution in [2.75, 3.05) is 33.4 Å². The first-order valence-corrected chi connectivity index (χ1v) is 8.76. The third kappa shape index (κ3) is 3.56. The van der Waals surface area contributed by atoms with Gasteiger partial charge >= 0.3 is 5.97 Å². The molecule has 1 saturated heterocycles.